The Labute approximate surface area is 83.5 Å². The van der Waals surface area contributed by atoms with E-state index in [1.807, 2.05) is 4.90 Å². The molecule has 1 saturated heterocycles. The smallest absolute Gasteiger partial charge is 0.317 e. The summed E-state index contributed by atoms with van der Waals surface area (Å²) < 4.78 is 0. The van der Waals surface area contributed by atoms with E-state index in [2.05, 4.69) is 10.6 Å². The SMILES string of the molecule is O=C1NCCN1CCNC1CC(O)C1. The zero-order valence-electron chi connectivity index (χ0n) is 8.20. The van der Waals surface area contributed by atoms with Gasteiger partial charge in [-0.05, 0) is 12.8 Å². The Balaban J connectivity index is 1.56. The van der Waals surface area contributed by atoms with Gasteiger partial charge in [0.25, 0.3) is 0 Å². The number of aliphatic hydroxyl groups is 1. The molecule has 0 aromatic carbocycles. The summed E-state index contributed by atoms with van der Waals surface area (Å²) in [6, 6.07) is 0.496. The van der Waals surface area contributed by atoms with E-state index in [1.54, 1.807) is 0 Å². The van der Waals surface area contributed by atoms with E-state index in [1.165, 1.54) is 0 Å². The molecule has 14 heavy (non-hydrogen) atoms. The second-order valence-electron chi connectivity index (χ2n) is 4.00. The Morgan fingerprint density at radius 2 is 2.36 bits per heavy atom. The first-order valence-electron chi connectivity index (χ1n) is 5.20. The third kappa shape index (κ3) is 2.16. The predicted molar refractivity (Wildman–Crippen MR) is 52.0 cm³/mol. The van der Waals surface area contributed by atoms with Crippen LogP contribution in [0.1, 0.15) is 12.8 Å². The molecule has 0 spiro atoms. The lowest BCUT2D eigenvalue weighted by molar-refractivity contribution is 0.0621. The minimum Gasteiger partial charge on any atom is -0.393 e. The largest absolute Gasteiger partial charge is 0.393 e. The fourth-order valence-corrected chi connectivity index (χ4v) is 1.88. The highest BCUT2D eigenvalue weighted by Gasteiger charge is 2.26. The summed E-state index contributed by atoms with van der Waals surface area (Å²) in [7, 11) is 0. The van der Waals surface area contributed by atoms with Gasteiger partial charge in [0.15, 0.2) is 0 Å². The average Bonchev–Trinajstić information content (AvgIpc) is 2.49. The predicted octanol–water partition coefficient (Wildman–Crippen LogP) is -0.875. The first-order chi connectivity index (χ1) is 6.75. The number of aliphatic hydroxyl groups excluding tert-OH is 1. The van der Waals surface area contributed by atoms with Crippen molar-refractivity contribution in [1.29, 1.82) is 0 Å². The van der Waals surface area contributed by atoms with Gasteiger partial charge in [-0.15, -0.1) is 0 Å². The lowest BCUT2D eigenvalue weighted by atomic mass is 9.89. The zero-order chi connectivity index (χ0) is 9.97. The number of amides is 2. The molecule has 0 radical (unpaired) electrons. The van der Waals surface area contributed by atoms with Crippen LogP contribution in [0.2, 0.25) is 0 Å². The molecule has 5 nitrogen and oxygen atoms in total. The van der Waals surface area contributed by atoms with Crippen LogP contribution in [0.5, 0.6) is 0 Å². The number of nitrogens with zero attached hydrogens (tertiary/aromatic N) is 1. The minimum atomic E-state index is -0.109. The van der Waals surface area contributed by atoms with Crippen LogP contribution in [0.15, 0.2) is 0 Å². The van der Waals surface area contributed by atoms with E-state index >= 15 is 0 Å². The highest BCUT2D eigenvalue weighted by molar-refractivity contribution is 5.76. The molecule has 2 aliphatic rings. The van der Waals surface area contributed by atoms with Crippen molar-refractivity contribution in [2.75, 3.05) is 26.2 Å². The number of carbonyl (C=O) groups excluding carboxylic acids is 1. The maximum Gasteiger partial charge on any atom is 0.317 e. The Bertz CT molecular complexity index is 216. The molecular weight excluding hydrogens is 182 g/mol. The molecule has 0 bridgehead atoms. The zero-order valence-corrected chi connectivity index (χ0v) is 8.20. The van der Waals surface area contributed by atoms with Gasteiger partial charge in [-0.3, -0.25) is 0 Å². The van der Waals surface area contributed by atoms with Crippen molar-refractivity contribution in [3.05, 3.63) is 0 Å². The number of urea groups is 1. The first-order valence-corrected chi connectivity index (χ1v) is 5.20. The molecule has 1 heterocycles. The number of rotatable bonds is 4. The van der Waals surface area contributed by atoms with Gasteiger partial charge in [-0.1, -0.05) is 0 Å². The summed E-state index contributed by atoms with van der Waals surface area (Å²) in [5.41, 5.74) is 0. The van der Waals surface area contributed by atoms with Gasteiger partial charge >= 0.3 is 6.03 Å². The normalized spacial score (nSPS) is 31.5. The number of nitrogens with one attached hydrogen (secondary N) is 2. The molecule has 0 aromatic rings. The summed E-state index contributed by atoms with van der Waals surface area (Å²) in [6.07, 6.45) is 1.60. The highest BCUT2D eigenvalue weighted by atomic mass is 16.3. The van der Waals surface area contributed by atoms with Gasteiger partial charge in [0, 0.05) is 32.2 Å². The van der Waals surface area contributed by atoms with Crippen molar-refractivity contribution in [1.82, 2.24) is 15.5 Å². The molecule has 1 aliphatic heterocycles. The number of carbonyl (C=O) groups is 1. The Hall–Kier alpha value is -0.810. The van der Waals surface area contributed by atoms with Crippen molar-refractivity contribution in [3.63, 3.8) is 0 Å². The van der Waals surface area contributed by atoms with Crippen molar-refractivity contribution in [3.8, 4) is 0 Å². The van der Waals surface area contributed by atoms with Crippen LogP contribution in [0.4, 0.5) is 4.79 Å². The van der Waals surface area contributed by atoms with Crippen molar-refractivity contribution < 1.29 is 9.90 Å². The van der Waals surface area contributed by atoms with Gasteiger partial charge in [0.1, 0.15) is 0 Å². The van der Waals surface area contributed by atoms with Crippen LogP contribution < -0.4 is 10.6 Å². The summed E-state index contributed by atoms with van der Waals surface area (Å²) in [6.45, 7) is 3.16. The number of hydrogen-bond donors (Lipinski definition) is 3. The van der Waals surface area contributed by atoms with Gasteiger partial charge in [-0.2, -0.15) is 0 Å². The van der Waals surface area contributed by atoms with Crippen molar-refractivity contribution in [2.45, 2.75) is 25.0 Å². The van der Waals surface area contributed by atoms with E-state index in [0.29, 0.717) is 6.04 Å². The van der Waals surface area contributed by atoms with E-state index < -0.39 is 0 Å². The van der Waals surface area contributed by atoms with Crippen LogP contribution in [0, 0.1) is 0 Å². The van der Waals surface area contributed by atoms with E-state index in [9.17, 15) is 4.79 Å². The van der Waals surface area contributed by atoms with E-state index in [0.717, 1.165) is 39.0 Å². The fourth-order valence-electron chi connectivity index (χ4n) is 1.88. The van der Waals surface area contributed by atoms with Crippen LogP contribution in [0.3, 0.4) is 0 Å². The van der Waals surface area contributed by atoms with Gasteiger partial charge in [-0.25, -0.2) is 4.79 Å². The molecule has 2 rings (SSSR count). The Morgan fingerprint density at radius 3 is 2.93 bits per heavy atom. The third-order valence-corrected chi connectivity index (χ3v) is 2.87. The van der Waals surface area contributed by atoms with E-state index in [4.69, 9.17) is 5.11 Å². The Kier molecular flexibility index (Phi) is 2.88. The van der Waals surface area contributed by atoms with Crippen LogP contribution in [-0.4, -0.2) is 54.4 Å². The summed E-state index contributed by atoms with van der Waals surface area (Å²) >= 11 is 0. The molecule has 2 fully saturated rings. The molecular formula is C9H17N3O2. The molecule has 0 unspecified atom stereocenters. The van der Waals surface area contributed by atoms with Crippen LogP contribution in [-0.2, 0) is 0 Å². The van der Waals surface area contributed by atoms with Crippen molar-refractivity contribution in [2.24, 2.45) is 0 Å². The lowest BCUT2D eigenvalue weighted by Crippen LogP contribution is -2.46. The molecule has 0 aromatic heterocycles. The average molecular weight is 199 g/mol. The second kappa shape index (κ2) is 4.14. The summed E-state index contributed by atoms with van der Waals surface area (Å²) in [5.74, 6) is 0. The van der Waals surface area contributed by atoms with Gasteiger partial charge in [0.2, 0.25) is 0 Å². The first kappa shape index (κ1) is 9.73. The molecule has 1 saturated carbocycles. The number of hydrogen-bond acceptors (Lipinski definition) is 3. The molecule has 2 amide bonds. The quantitative estimate of drug-likeness (QED) is 0.551. The standard InChI is InChI=1S/C9H17N3O2/c13-8-5-7(6-8)10-1-3-12-4-2-11-9(12)14/h7-8,10,13H,1-6H2,(H,11,14). The summed E-state index contributed by atoms with van der Waals surface area (Å²) in [4.78, 5) is 12.9. The van der Waals surface area contributed by atoms with Crippen molar-refractivity contribution >= 4 is 6.03 Å². The van der Waals surface area contributed by atoms with Crippen LogP contribution >= 0.6 is 0 Å². The lowest BCUT2D eigenvalue weighted by Gasteiger charge is -2.32. The maximum absolute atomic E-state index is 11.1. The second-order valence-corrected chi connectivity index (χ2v) is 4.00. The molecule has 80 valence electrons. The van der Waals surface area contributed by atoms with E-state index in [-0.39, 0.29) is 12.1 Å². The van der Waals surface area contributed by atoms with Gasteiger partial charge in [0.05, 0.1) is 6.10 Å². The Morgan fingerprint density at radius 1 is 1.57 bits per heavy atom. The molecule has 1 aliphatic carbocycles. The summed E-state index contributed by atoms with van der Waals surface area (Å²) in [5, 5.41) is 15.1. The fraction of sp³-hybridized carbons (Fsp3) is 0.889. The van der Waals surface area contributed by atoms with Gasteiger partial charge < -0.3 is 20.6 Å². The molecule has 3 N–H and O–H groups in total. The topological polar surface area (TPSA) is 64.6 Å². The highest BCUT2D eigenvalue weighted by Crippen LogP contribution is 2.18. The third-order valence-electron chi connectivity index (χ3n) is 2.87. The monoisotopic (exact) mass is 199 g/mol. The maximum atomic E-state index is 11.1. The molecule has 0 atom stereocenters. The van der Waals surface area contributed by atoms with Crippen LogP contribution in [0.25, 0.3) is 0 Å². The minimum absolute atomic E-state index is 0.0421. The molecule has 5 heteroatoms.